The number of aryl methyl sites for hydroxylation is 1. The highest BCUT2D eigenvalue weighted by molar-refractivity contribution is 5.84. The van der Waals surface area contributed by atoms with Gasteiger partial charge in [-0.25, -0.2) is 9.78 Å². The van der Waals surface area contributed by atoms with Crippen LogP contribution in [0.15, 0.2) is 18.7 Å². The maximum Gasteiger partial charge on any atom is 0.326 e. The lowest BCUT2D eigenvalue weighted by Gasteiger charge is -2.21. The summed E-state index contributed by atoms with van der Waals surface area (Å²) in [4.78, 5) is 28.0. The Morgan fingerprint density at radius 1 is 1.44 bits per heavy atom. The van der Waals surface area contributed by atoms with E-state index in [4.69, 9.17) is 5.11 Å². The third kappa shape index (κ3) is 2.67. The van der Waals surface area contributed by atoms with E-state index in [-0.39, 0.29) is 25.3 Å². The Balaban J connectivity index is 1.93. The van der Waals surface area contributed by atoms with Crippen molar-refractivity contribution in [1.82, 2.24) is 14.5 Å². The van der Waals surface area contributed by atoms with Gasteiger partial charge in [-0.05, 0) is 0 Å². The van der Waals surface area contributed by atoms with Crippen molar-refractivity contribution in [3.05, 3.63) is 18.7 Å². The van der Waals surface area contributed by atoms with Gasteiger partial charge in [0.25, 0.3) is 0 Å². The minimum Gasteiger partial charge on any atom is -0.480 e. The van der Waals surface area contributed by atoms with Crippen molar-refractivity contribution < 1.29 is 19.8 Å². The molecule has 2 atom stereocenters. The molecule has 0 bridgehead atoms. The first-order chi connectivity index (χ1) is 8.58. The molecule has 0 aromatic carbocycles. The van der Waals surface area contributed by atoms with Crippen LogP contribution in [0, 0.1) is 0 Å². The standard InChI is InChI=1S/C11H15N3O4/c15-8-5-9(11(17)18)14(6-8)10(16)1-3-13-4-2-12-7-13/h2,4,7-9,15H,1,3,5-6H2,(H,17,18)/t8-,9-/m0/s1. The number of nitrogens with zero attached hydrogens (tertiary/aromatic N) is 3. The lowest BCUT2D eigenvalue weighted by Crippen LogP contribution is -2.40. The maximum atomic E-state index is 11.9. The minimum atomic E-state index is -1.07. The highest BCUT2D eigenvalue weighted by Gasteiger charge is 2.38. The average Bonchev–Trinajstić information content (AvgIpc) is 2.94. The summed E-state index contributed by atoms with van der Waals surface area (Å²) < 4.78 is 1.75. The zero-order valence-corrected chi connectivity index (χ0v) is 9.77. The Bertz CT molecular complexity index is 432. The van der Waals surface area contributed by atoms with Crippen molar-refractivity contribution in [2.75, 3.05) is 6.54 Å². The molecule has 0 spiro atoms. The predicted octanol–water partition coefficient (Wildman–Crippen LogP) is -0.680. The number of imidazole rings is 1. The molecule has 1 fully saturated rings. The fraction of sp³-hybridized carbons (Fsp3) is 0.545. The summed E-state index contributed by atoms with van der Waals surface area (Å²) in [6.07, 6.45) is 4.51. The van der Waals surface area contributed by atoms with Gasteiger partial charge in [0.2, 0.25) is 5.91 Å². The van der Waals surface area contributed by atoms with E-state index in [9.17, 15) is 14.7 Å². The SMILES string of the molecule is O=C(O)[C@@H]1C[C@H](O)CN1C(=O)CCn1ccnc1. The molecule has 0 unspecified atom stereocenters. The largest absolute Gasteiger partial charge is 0.480 e. The quantitative estimate of drug-likeness (QED) is 0.741. The number of carboxylic acids is 1. The molecular formula is C11H15N3O4. The van der Waals surface area contributed by atoms with Crippen LogP contribution in [0.25, 0.3) is 0 Å². The van der Waals surface area contributed by atoms with E-state index in [1.165, 1.54) is 4.90 Å². The summed E-state index contributed by atoms with van der Waals surface area (Å²) in [5, 5.41) is 18.4. The molecule has 1 aliphatic rings. The van der Waals surface area contributed by atoms with E-state index < -0.39 is 18.1 Å². The van der Waals surface area contributed by atoms with Gasteiger partial charge in [0.1, 0.15) is 6.04 Å². The van der Waals surface area contributed by atoms with E-state index in [0.717, 1.165) is 0 Å². The van der Waals surface area contributed by atoms with Crippen LogP contribution in [-0.4, -0.2) is 55.2 Å². The topological polar surface area (TPSA) is 95.7 Å². The molecule has 1 amide bonds. The van der Waals surface area contributed by atoms with Crippen molar-refractivity contribution in [3.8, 4) is 0 Å². The summed E-state index contributed by atoms with van der Waals surface area (Å²) in [5.74, 6) is -1.32. The van der Waals surface area contributed by atoms with E-state index >= 15 is 0 Å². The van der Waals surface area contributed by atoms with Gasteiger partial charge in [-0.2, -0.15) is 0 Å². The van der Waals surface area contributed by atoms with Gasteiger partial charge in [0.05, 0.1) is 12.4 Å². The van der Waals surface area contributed by atoms with Crippen molar-refractivity contribution in [1.29, 1.82) is 0 Å². The number of carbonyl (C=O) groups excluding carboxylic acids is 1. The Morgan fingerprint density at radius 3 is 2.83 bits per heavy atom. The molecule has 0 radical (unpaired) electrons. The molecule has 1 aromatic heterocycles. The van der Waals surface area contributed by atoms with Crippen LogP contribution in [0.2, 0.25) is 0 Å². The lowest BCUT2D eigenvalue weighted by molar-refractivity contribution is -0.148. The second-order valence-corrected chi connectivity index (χ2v) is 4.34. The number of carbonyl (C=O) groups is 2. The first-order valence-corrected chi connectivity index (χ1v) is 5.74. The molecule has 2 heterocycles. The van der Waals surface area contributed by atoms with Gasteiger partial charge < -0.3 is 19.7 Å². The van der Waals surface area contributed by atoms with Gasteiger partial charge >= 0.3 is 5.97 Å². The molecule has 7 nitrogen and oxygen atoms in total. The molecule has 1 saturated heterocycles. The van der Waals surface area contributed by atoms with Gasteiger partial charge in [0.15, 0.2) is 0 Å². The fourth-order valence-electron chi connectivity index (χ4n) is 2.11. The number of rotatable bonds is 4. The van der Waals surface area contributed by atoms with Crippen LogP contribution < -0.4 is 0 Å². The molecule has 0 aliphatic carbocycles. The summed E-state index contributed by atoms with van der Waals surface area (Å²) in [6, 6.07) is -0.907. The number of hydrogen-bond donors (Lipinski definition) is 2. The normalized spacial score (nSPS) is 23.3. The first kappa shape index (κ1) is 12.6. The molecule has 2 N–H and O–H groups in total. The average molecular weight is 253 g/mol. The van der Waals surface area contributed by atoms with Crippen LogP contribution in [0.4, 0.5) is 0 Å². The van der Waals surface area contributed by atoms with E-state index in [1.807, 2.05) is 0 Å². The summed E-state index contributed by atoms with van der Waals surface area (Å²) in [6.45, 7) is 0.553. The maximum absolute atomic E-state index is 11.9. The van der Waals surface area contributed by atoms with Crippen LogP contribution in [0.5, 0.6) is 0 Å². The monoisotopic (exact) mass is 253 g/mol. The predicted molar refractivity (Wildman–Crippen MR) is 60.6 cm³/mol. The Morgan fingerprint density at radius 2 is 2.22 bits per heavy atom. The number of aliphatic hydroxyl groups excluding tert-OH is 1. The molecule has 98 valence electrons. The number of aromatic nitrogens is 2. The number of hydrogen-bond acceptors (Lipinski definition) is 4. The van der Waals surface area contributed by atoms with Gasteiger partial charge in [-0.1, -0.05) is 0 Å². The van der Waals surface area contributed by atoms with E-state index in [0.29, 0.717) is 6.54 Å². The molecule has 0 saturated carbocycles. The fourth-order valence-corrected chi connectivity index (χ4v) is 2.11. The Hall–Kier alpha value is -1.89. The summed E-state index contributed by atoms with van der Waals surface area (Å²) in [7, 11) is 0. The van der Waals surface area contributed by atoms with Gasteiger partial charge in [-0.15, -0.1) is 0 Å². The van der Waals surface area contributed by atoms with Crippen LogP contribution >= 0.6 is 0 Å². The van der Waals surface area contributed by atoms with Crippen LogP contribution in [-0.2, 0) is 16.1 Å². The number of likely N-dealkylation sites (tertiary alicyclic amines) is 1. The number of carboxylic acid groups (broad SMARTS) is 1. The third-order valence-corrected chi connectivity index (χ3v) is 3.03. The number of aliphatic carboxylic acids is 1. The second-order valence-electron chi connectivity index (χ2n) is 4.34. The van der Waals surface area contributed by atoms with Crippen molar-refractivity contribution >= 4 is 11.9 Å². The molecule has 18 heavy (non-hydrogen) atoms. The smallest absolute Gasteiger partial charge is 0.326 e. The zero-order valence-electron chi connectivity index (χ0n) is 9.77. The van der Waals surface area contributed by atoms with Crippen LogP contribution in [0.1, 0.15) is 12.8 Å². The van der Waals surface area contributed by atoms with Gasteiger partial charge in [-0.3, -0.25) is 4.79 Å². The van der Waals surface area contributed by atoms with E-state index in [2.05, 4.69) is 4.98 Å². The Labute approximate surface area is 104 Å². The minimum absolute atomic E-state index is 0.0970. The van der Waals surface area contributed by atoms with Crippen molar-refractivity contribution in [3.63, 3.8) is 0 Å². The molecule has 7 heteroatoms. The van der Waals surface area contributed by atoms with Crippen LogP contribution in [0.3, 0.4) is 0 Å². The summed E-state index contributed by atoms with van der Waals surface area (Å²) >= 11 is 0. The number of aliphatic hydroxyl groups is 1. The van der Waals surface area contributed by atoms with Gasteiger partial charge in [0, 0.05) is 38.3 Å². The zero-order chi connectivity index (χ0) is 13.1. The highest BCUT2D eigenvalue weighted by Crippen LogP contribution is 2.19. The third-order valence-electron chi connectivity index (χ3n) is 3.03. The molecule has 1 aliphatic heterocycles. The Kier molecular flexibility index (Phi) is 3.61. The second kappa shape index (κ2) is 5.18. The first-order valence-electron chi connectivity index (χ1n) is 5.74. The summed E-state index contributed by atoms with van der Waals surface area (Å²) in [5.41, 5.74) is 0. The molecular weight excluding hydrogens is 238 g/mol. The molecule has 1 aromatic rings. The number of amides is 1. The highest BCUT2D eigenvalue weighted by atomic mass is 16.4. The molecule has 2 rings (SSSR count). The van der Waals surface area contributed by atoms with E-state index in [1.54, 1.807) is 23.3 Å². The number of β-amino-alcohol motifs (C(OH)–C–C–N with tert-alkyl or cyclic N) is 1. The lowest BCUT2D eigenvalue weighted by atomic mass is 10.2. The van der Waals surface area contributed by atoms with Crippen molar-refractivity contribution in [2.24, 2.45) is 0 Å². The van der Waals surface area contributed by atoms with Crippen molar-refractivity contribution in [2.45, 2.75) is 31.5 Å².